The Hall–Kier alpha value is -2.77. The topological polar surface area (TPSA) is 220 Å². The highest BCUT2D eigenvalue weighted by Crippen LogP contribution is 1.89. The molecule has 0 aliphatic heterocycles. The first-order valence-corrected chi connectivity index (χ1v) is 7.47. The number of hydrogen-bond acceptors (Lipinski definition) is 8. The predicted octanol–water partition coefficient (Wildman–Crippen LogP) is -5.40. The molecule has 148 valence electrons. The van der Waals surface area contributed by atoms with Crippen molar-refractivity contribution in [1.82, 2.24) is 21.3 Å². The van der Waals surface area contributed by atoms with Crippen LogP contribution in [-0.4, -0.2) is 89.3 Å². The molecule has 9 N–H and O–H groups in total. The van der Waals surface area contributed by atoms with E-state index in [-0.39, 0.29) is 0 Å². The first-order valence-electron chi connectivity index (χ1n) is 7.47. The first kappa shape index (κ1) is 23.2. The van der Waals surface area contributed by atoms with E-state index in [0.717, 1.165) is 0 Å². The van der Waals surface area contributed by atoms with Crippen molar-refractivity contribution in [3.8, 4) is 0 Å². The zero-order chi connectivity index (χ0) is 20.3. The zero-order valence-corrected chi connectivity index (χ0v) is 14.0. The third kappa shape index (κ3) is 8.36. The van der Waals surface area contributed by atoms with Gasteiger partial charge in [0.1, 0.15) is 18.1 Å². The second-order valence-corrected chi connectivity index (χ2v) is 5.10. The molecule has 0 unspecified atom stereocenters. The highest BCUT2D eigenvalue weighted by Gasteiger charge is 2.26. The number of hydrogen-bond donors (Lipinski definition) is 8. The lowest BCUT2D eigenvalue weighted by Gasteiger charge is -2.20. The van der Waals surface area contributed by atoms with Crippen LogP contribution in [0.3, 0.4) is 0 Å². The van der Waals surface area contributed by atoms with E-state index >= 15 is 0 Å². The summed E-state index contributed by atoms with van der Waals surface area (Å²) < 4.78 is 0. The lowest BCUT2D eigenvalue weighted by Crippen LogP contribution is -2.57. The van der Waals surface area contributed by atoms with Crippen molar-refractivity contribution in [2.75, 3.05) is 26.3 Å². The Bertz CT molecular complexity index is 541. The molecule has 4 amide bonds. The van der Waals surface area contributed by atoms with Crippen LogP contribution in [0.4, 0.5) is 0 Å². The Labute approximate surface area is 148 Å². The van der Waals surface area contributed by atoms with E-state index in [2.05, 4.69) is 21.3 Å². The largest absolute Gasteiger partial charge is 0.480 e. The van der Waals surface area contributed by atoms with Gasteiger partial charge in [-0.05, 0) is 6.92 Å². The van der Waals surface area contributed by atoms with E-state index in [4.69, 9.17) is 15.9 Å². The molecule has 3 atom stereocenters. The molecular formula is C13H23N5O8. The van der Waals surface area contributed by atoms with Crippen molar-refractivity contribution in [3.63, 3.8) is 0 Å². The minimum absolute atomic E-state index is 0.419. The minimum Gasteiger partial charge on any atom is -0.480 e. The number of nitrogens with one attached hydrogen (secondary N) is 4. The van der Waals surface area contributed by atoms with Crippen molar-refractivity contribution in [1.29, 1.82) is 0 Å². The zero-order valence-electron chi connectivity index (χ0n) is 14.0. The van der Waals surface area contributed by atoms with Crippen LogP contribution in [0.15, 0.2) is 0 Å². The molecule has 0 rings (SSSR count). The number of carbonyl (C=O) groups excluding carboxylic acids is 4. The maximum absolute atomic E-state index is 11.9. The lowest BCUT2D eigenvalue weighted by atomic mass is 10.2. The van der Waals surface area contributed by atoms with E-state index in [0.29, 0.717) is 0 Å². The predicted molar refractivity (Wildman–Crippen MR) is 85.3 cm³/mol. The molecule has 0 aromatic carbocycles. The summed E-state index contributed by atoms with van der Waals surface area (Å²) in [6.07, 6.45) is 0. The average molecular weight is 377 g/mol. The van der Waals surface area contributed by atoms with E-state index in [1.807, 2.05) is 0 Å². The molecule has 13 nitrogen and oxygen atoms in total. The van der Waals surface area contributed by atoms with E-state index in [1.165, 1.54) is 6.92 Å². The summed E-state index contributed by atoms with van der Waals surface area (Å²) >= 11 is 0. The molecule has 0 aliphatic carbocycles. The van der Waals surface area contributed by atoms with E-state index in [9.17, 15) is 29.1 Å². The van der Waals surface area contributed by atoms with Crippen LogP contribution in [0.25, 0.3) is 0 Å². The number of amides is 4. The van der Waals surface area contributed by atoms with Gasteiger partial charge in [-0.15, -0.1) is 0 Å². The molecule has 0 spiro atoms. The van der Waals surface area contributed by atoms with Gasteiger partial charge in [0.15, 0.2) is 0 Å². The lowest BCUT2D eigenvalue weighted by molar-refractivity contribution is -0.141. The molecule has 0 aromatic heterocycles. The Morgan fingerprint density at radius 3 is 1.88 bits per heavy atom. The second-order valence-electron chi connectivity index (χ2n) is 5.10. The number of nitrogens with two attached hydrogens (primary N) is 1. The maximum atomic E-state index is 11.9. The standard InChI is InChI=1S/C13H23N5O8/c1-6(13(25)26)16-10(22)3-15-11(23)7(4-19)18-12(24)8(5-20)17-9(21)2-14/h6-8,19-20H,2-5,14H2,1H3,(H,15,23)(H,16,22)(H,17,21)(H,18,24)(H,25,26)/t6-,7-,8-/m0/s1. The maximum Gasteiger partial charge on any atom is 0.325 e. The van der Waals surface area contributed by atoms with Gasteiger partial charge in [-0.3, -0.25) is 24.0 Å². The van der Waals surface area contributed by atoms with Crippen LogP contribution >= 0.6 is 0 Å². The Balaban J connectivity index is 4.59. The Morgan fingerprint density at radius 2 is 1.42 bits per heavy atom. The summed E-state index contributed by atoms with van der Waals surface area (Å²) in [5, 5.41) is 35.3. The van der Waals surface area contributed by atoms with Crippen LogP contribution < -0.4 is 27.0 Å². The monoisotopic (exact) mass is 377 g/mol. The number of carboxylic acid groups (broad SMARTS) is 1. The van der Waals surface area contributed by atoms with Crippen molar-refractivity contribution < 1.29 is 39.3 Å². The van der Waals surface area contributed by atoms with Gasteiger partial charge in [0.25, 0.3) is 0 Å². The van der Waals surface area contributed by atoms with Gasteiger partial charge < -0.3 is 42.3 Å². The molecule has 0 aliphatic rings. The SMILES string of the molecule is C[C@H](NC(=O)CNC(=O)[C@H](CO)NC(=O)[C@H](CO)NC(=O)CN)C(=O)O. The fraction of sp³-hybridized carbons (Fsp3) is 0.615. The van der Waals surface area contributed by atoms with Crippen molar-refractivity contribution in [2.24, 2.45) is 5.73 Å². The number of carbonyl (C=O) groups is 5. The smallest absolute Gasteiger partial charge is 0.325 e. The summed E-state index contributed by atoms with van der Waals surface area (Å²) in [6.45, 7) is -1.38. The fourth-order valence-corrected chi connectivity index (χ4v) is 1.56. The molecule has 13 heteroatoms. The molecule has 0 saturated carbocycles. The number of aliphatic hydroxyl groups is 2. The average Bonchev–Trinajstić information content (AvgIpc) is 2.61. The number of rotatable bonds is 11. The number of aliphatic hydroxyl groups excluding tert-OH is 2. The quantitative estimate of drug-likeness (QED) is 0.172. The summed E-state index contributed by atoms with van der Waals surface area (Å²) in [7, 11) is 0. The minimum atomic E-state index is -1.46. The molecule has 0 fully saturated rings. The highest BCUT2D eigenvalue weighted by atomic mass is 16.4. The fourth-order valence-electron chi connectivity index (χ4n) is 1.56. The third-order valence-corrected chi connectivity index (χ3v) is 3.01. The second kappa shape index (κ2) is 11.7. The molecule has 0 heterocycles. The number of aliphatic carboxylic acids is 1. The van der Waals surface area contributed by atoms with Gasteiger partial charge in [-0.2, -0.15) is 0 Å². The van der Waals surface area contributed by atoms with Gasteiger partial charge >= 0.3 is 5.97 Å². The molecule has 0 bridgehead atoms. The van der Waals surface area contributed by atoms with Crippen molar-refractivity contribution in [2.45, 2.75) is 25.0 Å². The molecule has 0 saturated heterocycles. The van der Waals surface area contributed by atoms with E-state index < -0.39 is 74.0 Å². The van der Waals surface area contributed by atoms with Gasteiger partial charge in [0.2, 0.25) is 23.6 Å². The Kier molecular flexibility index (Phi) is 10.5. The van der Waals surface area contributed by atoms with Crippen LogP contribution in [0, 0.1) is 0 Å². The van der Waals surface area contributed by atoms with Crippen LogP contribution in [0.2, 0.25) is 0 Å². The normalized spacial score (nSPS) is 13.7. The molecular weight excluding hydrogens is 354 g/mol. The van der Waals surface area contributed by atoms with Gasteiger partial charge in [0.05, 0.1) is 26.3 Å². The molecule has 0 radical (unpaired) electrons. The van der Waals surface area contributed by atoms with Crippen molar-refractivity contribution >= 4 is 29.6 Å². The summed E-state index contributed by atoms with van der Waals surface area (Å²) in [5.41, 5.74) is 5.07. The van der Waals surface area contributed by atoms with Crippen LogP contribution in [-0.2, 0) is 24.0 Å². The van der Waals surface area contributed by atoms with Gasteiger partial charge in [0, 0.05) is 0 Å². The Morgan fingerprint density at radius 1 is 0.885 bits per heavy atom. The van der Waals surface area contributed by atoms with Gasteiger partial charge in [-0.1, -0.05) is 0 Å². The third-order valence-electron chi connectivity index (χ3n) is 3.01. The van der Waals surface area contributed by atoms with Crippen LogP contribution in [0.5, 0.6) is 0 Å². The summed E-state index contributed by atoms with van der Waals surface area (Å²) in [5.74, 6) is -4.65. The highest BCUT2D eigenvalue weighted by molar-refractivity contribution is 5.94. The molecule has 26 heavy (non-hydrogen) atoms. The van der Waals surface area contributed by atoms with Gasteiger partial charge in [-0.25, -0.2) is 0 Å². The summed E-state index contributed by atoms with van der Waals surface area (Å²) in [6, 6.07) is -4.01. The molecule has 0 aromatic rings. The first-order chi connectivity index (χ1) is 12.2. The van der Waals surface area contributed by atoms with Crippen LogP contribution in [0.1, 0.15) is 6.92 Å². The van der Waals surface area contributed by atoms with E-state index in [1.54, 1.807) is 0 Å². The van der Waals surface area contributed by atoms with Crippen molar-refractivity contribution in [3.05, 3.63) is 0 Å². The summed E-state index contributed by atoms with van der Waals surface area (Å²) in [4.78, 5) is 57.0. The number of carboxylic acids is 1.